The van der Waals surface area contributed by atoms with Crippen molar-refractivity contribution in [1.82, 2.24) is 0 Å². The maximum atomic E-state index is 7.58. The summed E-state index contributed by atoms with van der Waals surface area (Å²) in [4.78, 5) is 2.53. The van der Waals surface area contributed by atoms with Crippen molar-refractivity contribution < 1.29 is 18.9 Å². The first kappa shape index (κ1) is 49.1. The molecule has 11 aromatic carbocycles. The Morgan fingerprint density at radius 3 is 1.27 bits per heavy atom. The molecule has 0 fully saturated rings. The Balaban J connectivity index is 0.932. The van der Waals surface area contributed by atoms with Gasteiger partial charge in [-0.25, -0.2) is 0 Å². The van der Waals surface area contributed by atoms with Crippen LogP contribution in [-0.2, 0) is 0 Å². The number of para-hydroxylation sites is 2. The zero-order valence-corrected chi connectivity index (χ0v) is 48.6. The first-order valence-electron chi connectivity index (χ1n) is 29.5. The van der Waals surface area contributed by atoms with Crippen LogP contribution < -0.4 is 78.3 Å². The molecule has 0 unspecified atom stereocenters. The summed E-state index contributed by atoms with van der Waals surface area (Å²) in [6.45, 7) is 19.4. The lowest BCUT2D eigenvalue weighted by Gasteiger charge is -2.43. The van der Waals surface area contributed by atoms with Crippen LogP contribution in [0, 0.1) is 62.3 Å². The fourth-order valence-corrected chi connectivity index (χ4v) is 15.8. The van der Waals surface area contributed by atoms with Crippen molar-refractivity contribution in [2.24, 2.45) is 0 Å². The Hall–Kier alpha value is -9.59. The van der Waals surface area contributed by atoms with Gasteiger partial charge >= 0.3 is 0 Å². The SMILES string of the molecule is Cc1cc(C)c(N2c3cc4c(cc3B3c5ccccc5Oc5cc(-c6c(C)cccc6C)cc2c53)B2c3cc5c(cc3Oc3cc(-c6c(C)cccc6C)cc(c32)O4)Nc2cc(-c3c(C)cccc3C)cc3c2B5c2ccccc2O3)c(C)c1. The molecule has 0 aromatic heterocycles. The number of benzene rings is 11. The van der Waals surface area contributed by atoms with Crippen molar-refractivity contribution in [3.8, 4) is 79.4 Å². The number of hydrogen-bond donors (Lipinski definition) is 1. The second-order valence-corrected chi connectivity index (χ2v) is 24.4. The summed E-state index contributed by atoms with van der Waals surface area (Å²) in [5.41, 5.74) is 33.5. The molecule has 0 radical (unpaired) electrons. The third-order valence-electron chi connectivity index (χ3n) is 19.1. The molecule has 0 saturated carbocycles. The molecule has 0 amide bonds. The van der Waals surface area contributed by atoms with E-state index in [9.17, 15) is 0 Å². The number of hydrogen-bond acceptors (Lipinski definition) is 6. The highest BCUT2D eigenvalue weighted by molar-refractivity contribution is 7.03. The highest BCUT2D eigenvalue weighted by atomic mass is 16.5. The molecule has 6 nitrogen and oxygen atoms in total. The summed E-state index contributed by atoms with van der Waals surface area (Å²) in [7, 11) is 0. The van der Waals surface area contributed by atoms with Crippen molar-refractivity contribution in [3.63, 3.8) is 0 Å². The lowest BCUT2D eigenvalue weighted by molar-refractivity contribution is 0.465. The molecule has 1 N–H and O–H groups in total. The summed E-state index contributed by atoms with van der Waals surface area (Å²) in [6.07, 6.45) is 0. The molecular formula is C75H57B3N2O4. The first-order valence-corrected chi connectivity index (χ1v) is 29.5. The number of nitrogens with zero attached hydrogens (tertiary/aromatic N) is 1. The van der Waals surface area contributed by atoms with Gasteiger partial charge in [-0.1, -0.05) is 121 Å². The zero-order valence-electron chi connectivity index (χ0n) is 48.6. The number of rotatable bonds is 4. The number of aryl methyl sites for hydroxylation is 9. The quantitative estimate of drug-likeness (QED) is 0.177. The van der Waals surface area contributed by atoms with Crippen LogP contribution in [0.1, 0.15) is 50.1 Å². The van der Waals surface area contributed by atoms with Crippen LogP contribution in [-0.4, -0.2) is 20.1 Å². The van der Waals surface area contributed by atoms with E-state index in [2.05, 4.69) is 248 Å². The minimum atomic E-state index is -0.258. The highest BCUT2D eigenvalue weighted by Gasteiger charge is 2.49. The molecule has 0 spiro atoms. The predicted molar refractivity (Wildman–Crippen MR) is 350 cm³/mol. The summed E-state index contributed by atoms with van der Waals surface area (Å²) in [5.74, 6) is 6.73. The third-order valence-corrected chi connectivity index (χ3v) is 19.1. The van der Waals surface area contributed by atoms with E-state index < -0.39 is 0 Å². The molecule has 6 heterocycles. The lowest BCUT2D eigenvalue weighted by Crippen LogP contribution is -2.64. The molecule has 0 saturated heterocycles. The predicted octanol–water partition coefficient (Wildman–Crippen LogP) is 13.3. The Bertz CT molecular complexity index is 4730. The zero-order chi connectivity index (χ0) is 56.7. The summed E-state index contributed by atoms with van der Waals surface area (Å²) in [5, 5.41) is 4.00. The van der Waals surface area contributed by atoms with Gasteiger partial charge in [-0.2, -0.15) is 0 Å². The Labute approximate surface area is 491 Å². The number of anilines is 5. The van der Waals surface area contributed by atoms with Gasteiger partial charge < -0.3 is 29.2 Å². The molecule has 6 aliphatic heterocycles. The maximum absolute atomic E-state index is 7.58. The monoisotopic (exact) mass is 1080 g/mol. The first-order chi connectivity index (χ1) is 40.8. The molecule has 6 aliphatic rings. The van der Waals surface area contributed by atoms with Gasteiger partial charge in [0.05, 0.1) is 5.69 Å². The molecule has 0 aliphatic carbocycles. The third kappa shape index (κ3) is 6.96. The normalized spacial score (nSPS) is 13.7. The smallest absolute Gasteiger partial charge is 0.260 e. The van der Waals surface area contributed by atoms with Crippen LogP contribution in [0.15, 0.2) is 176 Å². The standard InChI is InChI=1S/C75H57B3N2O4/c1-39-27-46(8)75(47(9)28-39)80-59-38-64-56(36-54(59)77-52-24-11-13-26-62(52)82-66-32-49(30-60(80)73(66)77)70-42(4)19-15-20-43(70)5)78-55-35-53-57(37-63(55)83-67-33-50(34-68(84-64)74(67)78)71-44(6)21-16-22-45(71)7)79-58-29-48(69-40(2)17-14-18-41(69)3)31-65-72(58)76(53)51-23-10-12-25-61(51)81-65/h10-38,79H,1-9H3. The van der Waals surface area contributed by atoms with E-state index >= 15 is 0 Å². The van der Waals surface area contributed by atoms with Gasteiger partial charge in [0.15, 0.2) is 0 Å². The van der Waals surface area contributed by atoms with Gasteiger partial charge in [0.1, 0.15) is 46.0 Å². The average molecular weight is 1080 g/mol. The molecule has 84 heavy (non-hydrogen) atoms. The maximum Gasteiger partial charge on any atom is 0.260 e. The van der Waals surface area contributed by atoms with Gasteiger partial charge in [-0.05, 0) is 232 Å². The molecule has 0 bridgehead atoms. The van der Waals surface area contributed by atoms with E-state index in [0.29, 0.717) is 0 Å². The van der Waals surface area contributed by atoms with Crippen LogP contribution in [0.3, 0.4) is 0 Å². The summed E-state index contributed by atoms with van der Waals surface area (Å²) >= 11 is 0. The van der Waals surface area contributed by atoms with Crippen molar-refractivity contribution >= 4 is 97.7 Å². The van der Waals surface area contributed by atoms with Crippen molar-refractivity contribution in [2.45, 2.75) is 62.3 Å². The minimum absolute atomic E-state index is 0.111. The van der Waals surface area contributed by atoms with Gasteiger partial charge in [0, 0.05) is 40.3 Å². The molecule has 11 aromatic rings. The Morgan fingerprint density at radius 2 is 0.726 bits per heavy atom. The molecular weight excluding hydrogens is 1030 g/mol. The van der Waals surface area contributed by atoms with E-state index in [4.69, 9.17) is 18.9 Å². The fourth-order valence-electron chi connectivity index (χ4n) is 15.8. The van der Waals surface area contributed by atoms with Crippen molar-refractivity contribution in [3.05, 3.63) is 226 Å². The topological polar surface area (TPSA) is 52.2 Å². The van der Waals surface area contributed by atoms with Crippen LogP contribution in [0.5, 0.6) is 46.0 Å². The van der Waals surface area contributed by atoms with Gasteiger partial charge in [0.25, 0.3) is 20.1 Å². The van der Waals surface area contributed by atoms with Crippen LogP contribution in [0.2, 0.25) is 0 Å². The molecule has 17 rings (SSSR count). The number of nitrogens with one attached hydrogen (secondary N) is 1. The van der Waals surface area contributed by atoms with Gasteiger partial charge in [-0.15, -0.1) is 0 Å². The lowest BCUT2D eigenvalue weighted by atomic mass is 9.30. The number of fused-ring (bicyclic) bond motifs is 12. The minimum Gasteiger partial charge on any atom is -0.458 e. The molecule has 400 valence electrons. The summed E-state index contributed by atoms with van der Waals surface area (Å²) < 4.78 is 29.1. The summed E-state index contributed by atoms with van der Waals surface area (Å²) in [6, 6.07) is 64.9. The van der Waals surface area contributed by atoms with E-state index in [-0.39, 0.29) is 20.1 Å². The van der Waals surface area contributed by atoms with Crippen LogP contribution in [0.25, 0.3) is 33.4 Å². The Kier molecular flexibility index (Phi) is 10.3. The molecule has 9 heteroatoms. The van der Waals surface area contributed by atoms with E-state index in [1.807, 2.05) is 0 Å². The van der Waals surface area contributed by atoms with E-state index in [1.54, 1.807) is 0 Å². The van der Waals surface area contributed by atoms with Gasteiger partial charge in [-0.3, -0.25) is 0 Å². The largest absolute Gasteiger partial charge is 0.458 e. The molecule has 0 atom stereocenters. The van der Waals surface area contributed by atoms with E-state index in [0.717, 1.165) is 129 Å². The number of ether oxygens (including phenoxy) is 4. The van der Waals surface area contributed by atoms with E-state index in [1.165, 1.54) is 77.7 Å². The highest BCUT2D eigenvalue weighted by Crippen LogP contribution is 2.49. The fraction of sp³-hybridized carbons (Fsp3) is 0.120. The van der Waals surface area contributed by atoms with Crippen LogP contribution >= 0.6 is 0 Å². The van der Waals surface area contributed by atoms with Gasteiger partial charge in [0.2, 0.25) is 0 Å². The van der Waals surface area contributed by atoms with Crippen molar-refractivity contribution in [1.29, 1.82) is 0 Å². The average Bonchev–Trinajstić information content (AvgIpc) is 1.31. The second-order valence-electron chi connectivity index (χ2n) is 24.4. The van der Waals surface area contributed by atoms with Crippen LogP contribution in [0.4, 0.5) is 28.4 Å². The second kappa shape index (κ2) is 17.7. The Morgan fingerprint density at radius 1 is 0.298 bits per heavy atom. The van der Waals surface area contributed by atoms with Crippen molar-refractivity contribution in [2.75, 3.05) is 10.2 Å².